The molecule has 8 heteroatoms. The van der Waals surface area contributed by atoms with E-state index in [1.807, 2.05) is 30.3 Å². The Bertz CT molecular complexity index is 1230. The van der Waals surface area contributed by atoms with Crippen LogP contribution in [0.3, 0.4) is 0 Å². The molecule has 0 radical (unpaired) electrons. The summed E-state index contributed by atoms with van der Waals surface area (Å²) in [7, 11) is 0. The maximum Gasteiger partial charge on any atom is 0.264 e. The number of nitrogens with one attached hydrogen (secondary N) is 1. The number of halogens is 1. The summed E-state index contributed by atoms with van der Waals surface area (Å²) in [6.07, 6.45) is 2.71. The Kier molecular flexibility index (Phi) is 4.44. The fourth-order valence-corrected chi connectivity index (χ4v) is 2.89. The Morgan fingerprint density at radius 1 is 1.18 bits per heavy atom. The molecule has 28 heavy (non-hydrogen) atoms. The molecule has 140 valence electrons. The number of rotatable bonds is 4. The molecule has 0 spiro atoms. The lowest BCUT2D eigenvalue weighted by Crippen LogP contribution is -2.28. The summed E-state index contributed by atoms with van der Waals surface area (Å²) < 4.78 is 16.6. The predicted octanol–water partition coefficient (Wildman–Crippen LogP) is 2.67. The molecule has 0 aliphatic carbocycles. The van der Waals surface area contributed by atoms with Gasteiger partial charge in [-0.25, -0.2) is 14.1 Å². The summed E-state index contributed by atoms with van der Waals surface area (Å²) >= 11 is 0. The van der Waals surface area contributed by atoms with Gasteiger partial charge in [0.2, 0.25) is 5.91 Å². The Morgan fingerprint density at radius 2 is 1.96 bits per heavy atom. The third-order valence-electron chi connectivity index (χ3n) is 4.27. The minimum Gasteiger partial charge on any atom is -0.322 e. The van der Waals surface area contributed by atoms with Crippen LogP contribution in [0.5, 0.6) is 0 Å². The first kappa shape index (κ1) is 17.6. The van der Waals surface area contributed by atoms with Crippen molar-refractivity contribution in [1.29, 1.82) is 0 Å². The van der Waals surface area contributed by atoms with Crippen molar-refractivity contribution in [3.63, 3.8) is 0 Å². The molecule has 2 aromatic heterocycles. The van der Waals surface area contributed by atoms with E-state index in [1.54, 1.807) is 17.7 Å². The average Bonchev–Trinajstić information content (AvgIpc) is 3.12. The van der Waals surface area contributed by atoms with Crippen molar-refractivity contribution in [3.05, 3.63) is 82.8 Å². The number of carbonyl (C=O) groups is 1. The molecular weight excluding hydrogens is 361 g/mol. The van der Waals surface area contributed by atoms with E-state index in [0.717, 1.165) is 11.3 Å². The van der Waals surface area contributed by atoms with Crippen LogP contribution in [0.25, 0.3) is 16.7 Å². The zero-order valence-corrected chi connectivity index (χ0v) is 15.0. The summed E-state index contributed by atoms with van der Waals surface area (Å²) in [6.45, 7) is 1.47. The number of para-hydroxylation sites is 1. The predicted molar refractivity (Wildman–Crippen MR) is 103 cm³/mol. The summed E-state index contributed by atoms with van der Waals surface area (Å²) in [4.78, 5) is 29.2. The van der Waals surface area contributed by atoms with E-state index < -0.39 is 17.3 Å². The first-order valence-electron chi connectivity index (χ1n) is 8.57. The van der Waals surface area contributed by atoms with E-state index in [-0.39, 0.29) is 12.2 Å². The Labute approximate surface area is 159 Å². The highest BCUT2D eigenvalue weighted by molar-refractivity contribution is 5.90. The number of nitrogens with zero attached hydrogens (tertiary/aromatic N) is 4. The summed E-state index contributed by atoms with van der Waals surface area (Å²) in [6, 6.07) is 13.8. The molecule has 2 heterocycles. The molecule has 2 aromatic carbocycles. The van der Waals surface area contributed by atoms with Crippen molar-refractivity contribution >= 4 is 22.6 Å². The fourth-order valence-electron chi connectivity index (χ4n) is 2.89. The van der Waals surface area contributed by atoms with Gasteiger partial charge >= 0.3 is 0 Å². The molecule has 0 saturated heterocycles. The van der Waals surface area contributed by atoms with Gasteiger partial charge in [-0.15, -0.1) is 0 Å². The highest BCUT2D eigenvalue weighted by Gasteiger charge is 2.14. The minimum atomic E-state index is -0.529. The molecule has 0 atom stereocenters. The Hall–Kier alpha value is -3.81. The van der Waals surface area contributed by atoms with Crippen molar-refractivity contribution in [2.45, 2.75) is 13.5 Å². The number of fused-ring (bicyclic) bond motifs is 1. The van der Waals surface area contributed by atoms with Crippen molar-refractivity contribution in [3.8, 4) is 5.69 Å². The topological polar surface area (TPSA) is 81.8 Å². The van der Waals surface area contributed by atoms with E-state index in [9.17, 15) is 14.0 Å². The smallest absolute Gasteiger partial charge is 0.264 e. The molecule has 7 nitrogen and oxygen atoms in total. The first-order valence-corrected chi connectivity index (χ1v) is 8.57. The number of amides is 1. The van der Waals surface area contributed by atoms with Crippen LogP contribution in [0.15, 0.2) is 65.8 Å². The second-order valence-electron chi connectivity index (χ2n) is 6.34. The van der Waals surface area contributed by atoms with Crippen molar-refractivity contribution in [2.75, 3.05) is 5.32 Å². The fraction of sp³-hybridized carbons (Fsp3) is 0.100. The molecule has 1 N–H and O–H groups in total. The molecule has 0 fully saturated rings. The molecule has 0 saturated carbocycles. The third-order valence-corrected chi connectivity index (χ3v) is 4.27. The lowest BCUT2D eigenvalue weighted by atomic mass is 10.2. The van der Waals surface area contributed by atoms with Gasteiger partial charge in [0, 0.05) is 0 Å². The highest BCUT2D eigenvalue weighted by atomic mass is 19.1. The maximum atomic E-state index is 13.9. The Morgan fingerprint density at radius 3 is 2.71 bits per heavy atom. The quantitative estimate of drug-likeness (QED) is 0.593. The number of aryl methyl sites for hydroxylation is 1. The largest absolute Gasteiger partial charge is 0.322 e. The van der Waals surface area contributed by atoms with Crippen molar-refractivity contribution < 1.29 is 9.18 Å². The van der Waals surface area contributed by atoms with Gasteiger partial charge in [0.1, 0.15) is 24.1 Å². The van der Waals surface area contributed by atoms with Gasteiger partial charge in [-0.05, 0) is 36.8 Å². The first-order chi connectivity index (χ1) is 13.5. The maximum absolute atomic E-state index is 13.9. The number of anilines is 1. The number of aromatic nitrogens is 4. The van der Waals surface area contributed by atoms with E-state index >= 15 is 0 Å². The standard InChI is InChI=1S/C20H16FN5O2/c1-13-7-8-17(16(21)9-13)24-18(27)11-25-12-22-19-15(20(25)28)10-23-26(19)14-5-3-2-4-6-14/h2-10,12H,11H2,1H3,(H,24,27). The van der Waals surface area contributed by atoms with Gasteiger partial charge in [-0.3, -0.25) is 14.2 Å². The second kappa shape index (κ2) is 7.07. The normalized spacial score (nSPS) is 10.9. The SMILES string of the molecule is Cc1ccc(NC(=O)Cn2cnc3c(cnn3-c3ccccc3)c2=O)c(F)c1. The molecule has 0 unspecified atom stereocenters. The molecule has 4 rings (SSSR count). The van der Waals surface area contributed by atoms with Gasteiger partial charge in [-0.2, -0.15) is 5.10 Å². The number of hydrogen-bond acceptors (Lipinski definition) is 4. The van der Waals surface area contributed by atoms with E-state index in [1.165, 1.54) is 29.2 Å². The van der Waals surface area contributed by atoms with Gasteiger partial charge in [0.15, 0.2) is 5.65 Å². The monoisotopic (exact) mass is 377 g/mol. The molecule has 0 bridgehead atoms. The van der Waals surface area contributed by atoms with E-state index in [0.29, 0.717) is 11.0 Å². The molecule has 0 aliphatic rings. The molecular formula is C20H16FN5O2. The van der Waals surface area contributed by atoms with Crippen LogP contribution in [-0.2, 0) is 11.3 Å². The second-order valence-corrected chi connectivity index (χ2v) is 6.34. The van der Waals surface area contributed by atoms with Crippen molar-refractivity contribution in [2.24, 2.45) is 0 Å². The number of benzene rings is 2. The van der Waals surface area contributed by atoms with Crippen LogP contribution in [0.4, 0.5) is 10.1 Å². The zero-order chi connectivity index (χ0) is 19.7. The summed E-state index contributed by atoms with van der Waals surface area (Å²) in [5.74, 6) is -1.06. The average molecular weight is 377 g/mol. The van der Waals surface area contributed by atoms with Crippen molar-refractivity contribution in [1.82, 2.24) is 19.3 Å². The van der Waals surface area contributed by atoms with Gasteiger partial charge in [0.05, 0.1) is 17.6 Å². The van der Waals surface area contributed by atoms with Crippen LogP contribution in [0.1, 0.15) is 5.56 Å². The van der Waals surface area contributed by atoms with Crippen LogP contribution in [0.2, 0.25) is 0 Å². The van der Waals surface area contributed by atoms with Crippen LogP contribution < -0.4 is 10.9 Å². The highest BCUT2D eigenvalue weighted by Crippen LogP contribution is 2.16. The summed E-state index contributed by atoms with van der Waals surface area (Å²) in [5.41, 5.74) is 1.59. The van der Waals surface area contributed by atoms with E-state index in [2.05, 4.69) is 15.4 Å². The molecule has 4 aromatic rings. The Balaban J connectivity index is 1.60. The number of carbonyl (C=O) groups excluding carboxylic acids is 1. The van der Waals surface area contributed by atoms with E-state index in [4.69, 9.17) is 0 Å². The van der Waals surface area contributed by atoms with Crippen LogP contribution in [-0.4, -0.2) is 25.2 Å². The van der Waals surface area contributed by atoms with Crippen LogP contribution in [0, 0.1) is 12.7 Å². The minimum absolute atomic E-state index is 0.0644. The third kappa shape index (κ3) is 3.27. The lowest BCUT2D eigenvalue weighted by molar-refractivity contribution is -0.116. The van der Waals surface area contributed by atoms with Gasteiger partial charge in [0.25, 0.3) is 5.56 Å². The zero-order valence-electron chi connectivity index (χ0n) is 15.0. The molecule has 0 aliphatic heterocycles. The lowest BCUT2D eigenvalue weighted by Gasteiger charge is -2.09. The van der Waals surface area contributed by atoms with Crippen LogP contribution >= 0.6 is 0 Å². The number of hydrogen-bond donors (Lipinski definition) is 1. The van der Waals surface area contributed by atoms with Gasteiger partial charge < -0.3 is 5.32 Å². The summed E-state index contributed by atoms with van der Waals surface area (Å²) in [5, 5.41) is 6.99. The molecule has 1 amide bonds. The van der Waals surface area contributed by atoms with Gasteiger partial charge in [-0.1, -0.05) is 24.3 Å².